The second kappa shape index (κ2) is 15.0. The Labute approximate surface area is 284 Å². The Morgan fingerprint density at radius 3 is 1.96 bits per heavy atom. The van der Waals surface area contributed by atoms with E-state index in [1.54, 1.807) is 0 Å². The third kappa shape index (κ3) is 6.38. The number of para-hydroxylation sites is 3. The van der Waals surface area contributed by atoms with Crippen molar-refractivity contribution in [3.63, 3.8) is 0 Å². The highest BCUT2D eigenvalue weighted by molar-refractivity contribution is 6.04. The zero-order chi connectivity index (χ0) is 33.5. The Bertz CT molecular complexity index is 1680. The molecule has 0 bridgehead atoms. The van der Waals surface area contributed by atoms with Crippen molar-refractivity contribution >= 4 is 28.9 Å². The average molecular weight is 646 g/mol. The van der Waals surface area contributed by atoms with Crippen LogP contribution < -0.4 is 19.9 Å². The largest absolute Gasteiger partial charge is 0.456 e. The first-order chi connectivity index (χ1) is 23.5. The number of nitrogens with one attached hydrogen (secondary N) is 1. The van der Waals surface area contributed by atoms with Gasteiger partial charge in [0.15, 0.2) is 5.60 Å². The molecular weight excluding hydrogens is 598 g/mol. The highest BCUT2D eigenvalue weighted by atomic mass is 16.6. The minimum absolute atomic E-state index is 0.0662. The highest BCUT2D eigenvalue weighted by Crippen LogP contribution is 2.58. The summed E-state index contributed by atoms with van der Waals surface area (Å²) in [6, 6.07) is 30.4. The van der Waals surface area contributed by atoms with E-state index in [0.717, 1.165) is 78.9 Å². The molecule has 6 rings (SSSR count). The van der Waals surface area contributed by atoms with Gasteiger partial charge in [0.05, 0.1) is 11.3 Å². The lowest BCUT2D eigenvalue weighted by atomic mass is 9.77. The van der Waals surface area contributed by atoms with E-state index in [1.807, 2.05) is 73.7 Å². The minimum atomic E-state index is -1.17. The lowest BCUT2D eigenvalue weighted by Crippen LogP contribution is -2.33. The van der Waals surface area contributed by atoms with Crippen molar-refractivity contribution < 1.29 is 19.1 Å². The molecule has 1 N–H and O–H groups in total. The maximum absolute atomic E-state index is 14.5. The van der Waals surface area contributed by atoms with Gasteiger partial charge in [-0.2, -0.15) is 0 Å². The molecule has 0 saturated carbocycles. The second-order valence-electron chi connectivity index (χ2n) is 12.7. The molecule has 0 aromatic heterocycles. The number of esters is 1. The summed E-state index contributed by atoms with van der Waals surface area (Å²) in [5, 5.41) is 3.07. The highest BCUT2D eigenvalue weighted by Gasteiger charge is 2.55. The average Bonchev–Trinajstić information content (AvgIpc) is 3.41. The van der Waals surface area contributed by atoms with Gasteiger partial charge in [-0.05, 0) is 62.1 Å². The predicted octanol–water partition coefficient (Wildman–Crippen LogP) is 9.11. The van der Waals surface area contributed by atoms with Crippen LogP contribution in [0.2, 0.25) is 0 Å². The van der Waals surface area contributed by atoms with Gasteiger partial charge in [-0.25, -0.2) is 4.79 Å². The molecule has 2 heterocycles. The normalized spacial score (nSPS) is 13.6. The number of fused-ring (bicyclic) bond motifs is 6. The molecule has 0 aliphatic carbocycles. The molecule has 2 aliphatic heterocycles. The summed E-state index contributed by atoms with van der Waals surface area (Å²) in [6.07, 6.45) is 6.34. The van der Waals surface area contributed by atoms with E-state index >= 15 is 0 Å². The maximum Gasteiger partial charge on any atom is 0.342 e. The molecular formula is C41H47N3O4. The van der Waals surface area contributed by atoms with E-state index < -0.39 is 5.60 Å². The Morgan fingerprint density at radius 2 is 1.33 bits per heavy atom. The summed E-state index contributed by atoms with van der Waals surface area (Å²) < 4.78 is 13.1. The lowest BCUT2D eigenvalue weighted by Gasteiger charge is -2.37. The zero-order valence-electron chi connectivity index (χ0n) is 28.5. The van der Waals surface area contributed by atoms with Crippen LogP contribution in [-0.2, 0) is 15.1 Å². The summed E-state index contributed by atoms with van der Waals surface area (Å²) in [4.78, 5) is 31.5. The summed E-state index contributed by atoms with van der Waals surface area (Å²) in [7, 11) is 0. The van der Waals surface area contributed by atoms with E-state index in [0.29, 0.717) is 43.0 Å². The van der Waals surface area contributed by atoms with Crippen LogP contribution in [0, 0.1) is 0 Å². The van der Waals surface area contributed by atoms with Gasteiger partial charge in [0.25, 0.3) is 0 Å². The third-order valence-corrected chi connectivity index (χ3v) is 9.33. The molecule has 7 nitrogen and oxygen atoms in total. The van der Waals surface area contributed by atoms with Gasteiger partial charge in [0.2, 0.25) is 5.91 Å². The first-order valence-corrected chi connectivity index (χ1v) is 17.6. The number of nitrogens with zero attached hydrogens (tertiary/aromatic N) is 2. The lowest BCUT2D eigenvalue weighted by molar-refractivity contribution is -0.121. The number of ether oxygens (including phenoxy) is 2. The van der Waals surface area contributed by atoms with Gasteiger partial charge in [-0.1, -0.05) is 88.2 Å². The fourth-order valence-corrected chi connectivity index (χ4v) is 6.95. The van der Waals surface area contributed by atoms with Gasteiger partial charge in [0, 0.05) is 60.7 Å². The van der Waals surface area contributed by atoms with Gasteiger partial charge in [-0.3, -0.25) is 4.79 Å². The van der Waals surface area contributed by atoms with Gasteiger partial charge < -0.3 is 24.6 Å². The maximum atomic E-state index is 14.5. The van der Waals surface area contributed by atoms with Crippen molar-refractivity contribution in [2.24, 2.45) is 0 Å². The number of carbonyl (C=O) groups excluding carboxylic acids is 2. The Hall–Kier alpha value is -4.78. The molecule has 2 aliphatic rings. The van der Waals surface area contributed by atoms with Gasteiger partial charge in [0.1, 0.15) is 11.5 Å². The number of anilines is 3. The van der Waals surface area contributed by atoms with Crippen LogP contribution in [-0.4, -0.2) is 38.1 Å². The van der Waals surface area contributed by atoms with Crippen LogP contribution in [0.5, 0.6) is 11.5 Å². The molecule has 0 unspecified atom stereocenters. The standard InChI is InChI=1S/C41H47N3O4/c1-4-7-25-43(26-8-5-2)31-28-34-39(35(29-31)44(30-18-10-9-11-19-30)27-16-24-42-38(45)17-6-3)40(46)48-41(34)32-20-12-14-22-36(32)47-37-23-15-13-21-33(37)41/h9-15,18-23,28-29H,4-8,16-17,24-27H2,1-3H3,(H,42,45). The first-order valence-electron chi connectivity index (χ1n) is 17.6. The molecule has 4 aromatic rings. The van der Waals surface area contributed by atoms with Crippen molar-refractivity contribution in [1.29, 1.82) is 0 Å². The predicted molar refractivity (Wildman–Crippen MR) is 193 cm³/mol. The quantitative estimate of drug-likeness (QED) is 0.103. The van der Waals surface area contributed by atoms with Crippen molar-refractivity contribution in [2.75, 3.05) is 36.0 Å². The van der Waals surface area contributed by atoms with E-state index in [2.05, 4.69) is 53.2 Å². The van der Waals surface area contributed by atoms with Crippen LogP contribution in [0.4, 0.5) is 17.1 Å². The monoisotopic (exact) mass is 645 g/mol. The Morgan fingerprint density at radius 1 is 0.708 bits per heavy atom. The van der Waals surface area contributed by atoms with Crippen molar-refractivity contribution in [3.05, 3.63) is 113 Å². The number of rotatable bonds is 15. The molecule has 0 fully saturated rings. The van der Waals surface area contributed by atoms with E-state index in [9.17, 15) is 9.59 Å². The number of amides is 1. The summed E-state index contributed by atoms with van der Waals surface area (Å²) >= 11 is 0. The SMILES string of the molecule is CCCCN(CCCC)c1cc(N(CCCNC(=O)CCC)c2ccccc2)c2c(c1)C1(OC2=O)c2ccccc2Oc2ccccc21. The second-order valence-corrected chi connectivity index (χ2v) is 12.7. The molecule has 250 valence electrons. The van der Waals surface area contributed by atoms with Crippen LogP contribution in [0.25, 0.3) is 0 Å². The van der Waals surface area contributed by atoms with Crippen LogP contribution in [0.15, 0.2) is 91.0 Å². The molecule has 7 heteroatoms. The molecule has 0 radical (unpaired) electrons. The van der Waals surface area contributed by atoms with E-state index in [-0.39, 0.29) is 11.9 Å². The van der Waals surface area contributed by atoms with Crippen LogP contribution in [0.3, 0.4) is 0 Å². The fourth-order valence-electron chi connectivity index (χ4n) is 6.95. The number of unbranched alkanes of at least 4 members (excludes halogenated alkanes) is 2. The van der Waals surface area contributed by atoms with Crippen molar-refractivity contribution in [2.45, 2.75) is 71.3 Å². The summed E-state index contributed by atoms with van der Waals surface area (Å²) in [6.45, 7) is 9.45. The zero-order valence-corrected chi connectivity index (χ0v) is 28.5. The van der Waals surface area contributed by atoms with Gasteiger partial charge >= 0.3 is 5.97 Å². The Balaban J connectivity index is 1.57. The first kappa shape index (κ1) is 33.1. The molecule has 48 heavy (non-hydrogen) atoms. The molecule has 0 atom stereocenters. The van der Waals surface area contributed by atoms with Crippen LogP contribution >= 0.6 is 0 Å². The van der Waals surface area contributed by atoms with E-state index in [4.69, 9.17) is 9.47 Å². The fraction of sp³-hybridized carbons (Fsp3) is 0.366. The van der Waals surface area contributed by atoms with E-state index in [1.165, 1.54) is 0 Å². The number of carbonyl (C=O) groups is 2. The summed E-state index contributed by atoms with van der Waals surface area (Å²) in [5.41, 5.74) is 4.73. The van der Waals surface area contributed by atoms with Crippen LogP contribution in [0.1, 0.15) is 92.8 Å². The number of benzene rings is 4. The Kier molecular flexibility index (Phi) is 10.3. The topological polar surface area (TPSA) is 71.1 Å². The third-order valence-electron chi connectivity index (χ3n) is 9.33. The number of hydrogen-bond acceptors (Lipinski definition) is 6. The molecule has 1 spiro atoms. The minimum Gasteiger partial charge on any atom is -0.456 e. The smallest absolute Gasteiger partial charge is 0.342 e. The summed E-state index contributed by atoms with van der Waals surface area (Å²) in [5.74, 6) is 1.07. The molecule has 0 saturated heterocycles. The molecule has 1 amide bonds. The van der Waals surface area contributed by atoms with Gasteiger partial charge in [-0.15, -0.1) is 0 Å². The molecule has 4 aromatic carbocycles. The van der Waals surface area contributed by atoms with Crippen molar-refractivity contribution in [3.8, 4) is 11.5 Å². The number of hydrogen-bond donors (Lipinski definition) is 1. The van der Waals surface area contributed by atoms with Crippen molar-refractivity contribution in [1.82, 2.24) is 5.32 Å².